The molecule has 0 radical (unpaired) electrons. The molecule has 0 aliphatic carbocycles. The van der Waals surface area contributed by atoms with Crippen LogP contribution in [0.3, 0.4) is 0 Å². The van der Waals surface area contributed by atoms with Crippen LogP contribution in [0.25, 0.3) is 11.1 Å². The summed E-state index contributed by atoms with van der Waals surface area (Å²) in [6.07, 6.45) is 0. The summed E-state index contributed by atoms with van der Waals surface area (Å²) in [4.78, 5) is 8.27. The summed E-state index contributed by atoms with van der Waals surface area (Å²) in [7, 11) is 1.55. The van der Waals surface area contributed by atoms with Crippen LogP contribution in [0.1, 0.15) is 5.82 Å². The number of benzene rings is 1. The van der Waals surface area contributed by atoms with E-state index in [4.69, 9.17) is 39.5 Å². The van der Waals surface area contributed by atoms with Crippen molar-refractivity contribution in [2.75, 3.05) is 7.11 Å². The van der Waals surface area contributed by atoms with E-state index in [1.165, 1.54) is 0 Å². The van der Waals surface area contributed by atoms with E-state index in [0.29, 0.717) is 26.7 Å². The molecule has 2 aromatic rings. The molecule has 0 bridgehead atoms. The smallest absolute Gasteiger partial charge is 0.157 e. The Morgan fingerprint density at radius 2 is 1.56 bits per heavy atom. The minimum absolute atomic E-state index is 0.264. The second-order valence-corrected chi connectivity index (χ2v) is 4.69. The molecule has 1 heterocycles. The van der Waals surface area contributed by atoms with Crippen LogP contribution in [0.5, 0.6) is 0 Å². The molecule has 0 atom stereocenters. The first-order chi connectivity index (χ1) is 8.61. The van der Waals surface area contributed by atoms with Crippen LogP contribution in [-0.2, 0) is 11.3 Å². The van der Waals surface area contributed by atoms with Gasteiger partial charge in [0.05, 0.1) is 5.56 Å². The molecule has 1 aromatic carbocycles. The maximum Gasteiger partial charge on any atom is 0.157 e. The molecule has 0 N–H and O–H groups in total. The molecule has 0 aliphatic heterocycles. The summed E-state index contributed by atoms with van der Waals surface area (Å²) >= 11 is 18.1. The van der Waals surface area contributed by atoms with Crippen LogP contribution in [-0.4, -0.2) is 17.1 Å². The summed E-state index contributed by atoms with van der Waals surface area (Å²) < 4.78 is 4.94. The lowest BCUT2D eigenvalue weighted by Gasteiger charge is -2.08. The van der Waals surface area contributed by atoms with Gasteiger partial charge in [-0.2, -0.15) is 0 Å². The minimum atomic E-state index is 0.264. The number of aromatic nitrogens is 2. The zero-order valence-corrected chi connectivity index (χ0v) is 11.7. The molecule has 18 heavy (non-hydrogen) atoms. The lowest BCUT2D eigenvalue weighted by Crippen LogP contribution is -1.99. The maximum atomic E-state index is 6.12. The fourth-order valence-electron chi connectivity index (χ4n) is 1.50. The van der Waals surface area contributed by atoms with Crippen molar-refractivity contribution in [2.24, 2.45) is 0 Å². The van der Waals surface area contributed by atoms with E-state index in [2.05, 4.69) is 9.97 Å². The van der Waals surface area contributed by atoms with Crippen LogP contribution in [0.4, 0.5) is 0 Å². The topological polar surface area (TPSA) is 35.0 Å². The molecular weight excluding hydrogens is 295 g/mol. The third-order valence-corrected chi connectivity index (χ3v) is 3.07. The number of methoxy groups -OCH3 is 1. The molecule has 0 saturated carbocycles. The van der Waals surface area contributed by atoms with Crippen LogP contribution < -0.4 is 0 Å². The van der Waals surface area contributed by atoms with Crippen molar-refractivity contribution in [1.29, 1.82) is 0 Å². The van der Waals surface area contributed by atoms with Crippen molar-refractivity contribution in [2.45, 2.75) is 6.61 Å². The summed E-state index contributed by atoms with van der Waals surface area (Å²) in [6, 6.07) is 7.14. The van der Waals surface area contributed by atoms with Crippen LogP contribution in [0.2, 0.25) is 15.3 Å². The summed E-state index contributed by atoms with van der Waals surface area (Å²) in [5.74, 6) is 0.449. The van der Waals surface area contributed by atoms with E-state index in [0.717, 1.165) is 5.56 Å². The van der Waals surface area contributed by atoms with Crippen molar-refractivity contribution in [3.05, 3.63) is 45.4 Å². The highest BCUT2D eigenvalue weighted by Gasteiger charge is 2.13. The largest absolute Gasteiger partial charge is 0.377 e. The number of rotatable bonds is 3. The molecule has 0 saturated heterocycles. The van der Waals surface area contributed by atoms with Gasteiger partial charge in [0.15, 0.2) is 5.82 Å². The van der Waals surface area contributed by atoms with Crippen molar-refractivity contribution in [1.82, 2.24) is 9.97 Å². The Morgan fingerprint density at radius 1 is 1.00 bits per heavy atom. The Kier molecular flexibility index (Phi) is 4.40. The van der Waals surface area contributed by atoms with E-state index in [1.807, 2.05) is 12.1 Å². The van der Waals surface area contributed by atoms with Crippen molar-refractivity contribution in [3.63, 3.8) is 0 Å². The van der Waals surface area contributed by atoms with Gasteiger partial charge in [0.25, 0.3) is 0 Å². The summed E-state index contributed by atoms with van der Waals surface area (Å²) in [6.45, 7) is 0.264. The Morgan fingerprint density at radius 3 is 2.06 bits per heavy atom. The molecule has 3 nitrogen and oxygen atoms in total. The second-order valence-electron chi connectivity index (χ2n) is 3.54. The van der Waals surface area contributed by atoms with Gasteiger partial charge >= 0.3 is 0 Å². The zero-order valence-electron chi connectivity index (χ0n) is 9.45. The predicted molar refractivity (Wildman–Crippen MR) is 73.2 cm³/mol. The fraction of sp³-hybridized carbons (Fsp3) is 0.167. The normalized spacial score (nSPS) is 10.7. The van der Waals surface area contributed by atoms with Gasteiger partial charge in [-0.05, 0) is 17.7 Å². The van der Waals surface area contributed by atoms with Gasteiger partial charge in [-0.25, -0.2) is 9.97 Å². The highest BCUT2D eigenvalue weighted by molar-refractivity contribution is 6.37. The molecule has 94 valence electrons. The van der Waals surface area contributed by atoms with Gasteiger partial charge in [-0.15, -0.1) is 0 Å². The van der Waals surface area contributed by atoms with Crippen LogP contribution in [0.15, 0.2) is 24.3 Å². The van der Waals surface area contributed by atoms with Crippen LogP contribution >= 0.6 is 34.8 Å². The molecule has 0 fully saturated rings. The standard InChI is InChI=1S/C12H9Cl3N2O/c1-18-6-9-16-11(14)10(12(15)17-9)7-2-4-8(13)5-3-7/h2-5H,6H2,1H3. The molecule has 0 aliphatic rings. The monoisotopic (exact) mass is 302 g/mol. The van der Waals surface area contributed by atoms with Gasteiger partial charge in [-0.3, -0.25) is 0 Å². The second kappa shape index (κ2) is 5.85. The molecular formula is C12H9Cl3N2O. The lowest BCUT2D eigenvalue weighted by molar-refractivity contribution is 0.178. The highest BCUT2D eigenvalue weighted by Crippen LogP contribution is 2.32. The number of ether oxygens (including phenoxy) is 1. The van der Waals surface area contributed by atoms with Gasteiger partial charge in [0.2, 0.25) is 0 Å². The first-order valence-electron chi connectivity index (χ1n) is 5.08. The van der Waals surface area contributed by atoms with Gasteiger partial charge in [0, 0.05) is 12.1 Å². The van der Waals surface area contributed by atoms with E-state index < -0.39 is 0 Å². The lowest BCUT2D eigenvalue weighted by atomic mass is 10.1. The summed E-state index contributed by atoms with van der Waals surface area (Å²) in [5.41, 5.74) is 1.41. The van der Waals surface area contributed by atoms with Gasteiger partial charge < -0.3 is 4.74 Å². The molecule has 0 unspecified atom stereocenters. The summed E-state index contributed by atoms with van der Waals surface area (Å²) in [5, 5.41) is 1.23. The van der Waals surface area contributed by atoms with Crippen LogP contribution in [0, 0.1) is 0 Å². The molecule has 0 amide bonds. The first-order valence-corrected chi connectivity index (χ1v) is 6.22. The number of nitrogens with zero attached hydrogens (tertiary/aromatic N) is 2. The van der Waals surface area contributed by atoms with E-state index >= 15 is 0 Å². The molecule has 0 spiro atoms. The molecule has 6 heteroatoms. The van der Waals surface area contributed by atoms with Crippen molar-refractivity contribution < 1.29 is 4.74 Å². The number of hydrogen-bond acceptors (Lipinski definition) is 3. The fourth-order valence-corrected chi connectivity index (χ4v) is 2.26. The molecule has 2 rings (SSSR count). The van der Waals surface area contributed by atoms with E-state index in [9.17, 15) is 0 Å². The van der Waals surface area contributed by atoms with Crippen molar-refractivity contribution >= 4 is 34.8 Å². The Balaban J connectivity index is 2.48. The number of hydrogen-bond donors (Lipinski definition) is 0. The Hall–Kier alpha value is -0.870. The Bertz CT molecular complexity index is 535. The maximum absolute atomic E-state index is 6.12. The van der Waals surface area contributed by atoms with E-state index in [-0.39, 0.29) is 6.61 Å². The average molecular weight is 304 g/mol. The Labute approximate surface area is 120 Å². The van der Waals surface area contributed by atoms with Gasteiger partial charge in [-0.1, -0.05) is 46.9 Å². The predicted octanol–water partition coefficient (Wildman–Crippen LogP) is 4.25. The number of halogens is 3. The third kappa shape index (κ3) is 2.93. The minimum Gasteiger partial charge on any atom is -0.377 e. The third-order valence-electron chi connectivity index (χ3n) is 2.27. The SMILES string of the molecule is COCc1nc(Cl)c(-c2ccc(Cl)cc2)c(Cl)n1. The van der Waals surface area contributed by atoms with E-state index in [1.54, 1.807) is 19.2 Å². The van der Waals surface area contributed by atoms with Crippen molar-refractivity contribution in [3.8, 4) is 11.1 Å². The first kappa shape index (κ1) is 13.6. The zero-order chi connectivity index (χ0) is 13.1. The quantitative estimate of drug-likeness (QED) is 0.795. The average Bonchev–Trinajstić information content (AvgIpc) is 2.31. The van der Waals surface area contributed by atoms with Gasteiger partial charge in [0.1, 0.15) is 16.9 Å². The molecule has 1 aromatic heterocycles. The highest BCUT2D eigenvalue weighted by atomic mass is 35.5.